The van der Waals surface area contributed by atoms with Gasteiger partial charge in [-0.3, -0.25) is 0 Å². The molecular weight excluding hydrogens is 134 g/mol. The van der Waals surface area contributed by atoms with E-state index >= 15 is 0 Å². The van der Waals surface area contributed by atoms with E-state index in [1.165, 1.54) is 25.7 Å². The molecule has 0 aromatic heterocycles. The van der Waals surface area contributed by atoms with Crippen LogP contribution in [0.3, 0.4) is 0 Å². The second kappa shape index (κ2) is 4.76. The lowest BCUT2D eigenvalue weighted by Crippen LogP contribution is -2.39. The van der Waals surface area contributed by atoms with Crippen LogP contribution >= 0.6 is 0 Å². The van der Waals surface area contributed by atoms with E-state index in [1.807, 2.05) is 13.8 Å². The van der Waals surface area contributed by atoms with Crippen molar-refractivity contribution < 1.29 is 0 Å². The van der Waals surface area contributed by atoms with Crippen LogP contribution < -0.4 is 5.73 Å². The highest BCUT2D eigenvalue weighted by molar-refractivity contribution is 4.83. The summed E-state index contributed by atoms with van der Waals surface area (Å²) in [5, 5.41) is 0. The lowest BCUT2D eigenvalue weighted by atomic mass is 9.79. The van der Waals surface area contributed by atoms with Gasteiger partial charge in [0, 0.05) is 5.54 Å². The highest BCUT2D eigenvalue weighted by atomic mass is 14.7. The molecule has 1 nitrogen and oxygen atoms in total. The number of rotatable bonds is 0. The van der Waals surface area contributed by atoms with Crippen molar-refractivity contribution in [1.82, 2.24) is 0 Å². The zero-order valence-corrected chi connectivity index (χ0v) is 8.48. The molecule has 1 fully saturated rings. The minimum absolute atomic E-state index is 0.159. The van der Waals surface area contributed by atoms with E-state index in [0.717, 1.165) is 5.92 Å². The van der Waals surface area contributed by atoms with Crippen molar-refractivity contribution in [3.63, 3.8) is 0 Å². The van der Waals surface area contributed by atoms with Crippen LogP contribution in [0, 0.1) is 5.92 Å². The smallest absolute Gasteiger partial charge is 0.0126 e. The van der Waals surface area contributed by atoms with Crippen LogP contribution in [-0.2, 0) is 0 Å². The summed E-state index contributed by atoms with van der Waals surface area (Å²) in [7, 11) is 0. The molecule has 1 aliphatic rings. The summed E-state index contributed by atoms with van der Waals surface area (Å²) < 4.78 is 0. The molecule has 68 valence electrons. The van der Waals surface area contributed by atoms with Crippen molar-refractivity contribution in [2.75, 3.05) is 0 Å². The van der Waals surface area contributed by atoms with Crippen LogP contribution in [0.4, 0.5) is 0 Å². The Labute approximate surface area is 71.4 Å². The maximum atomic E-state index is 5.94. The fraction of sp³-hybridized carbons (Fsp3) is 1.00. The summed E-state index contributed by atoms with van der Waals surface area (Å²) in [6.07, 6.45) is 5.09. The topological polar surface area (TPSA) is 26.0 Å². The van der Waals surface area contributed by atoms with Crippen LogP contribution in [0.2, 0.25) is 0 Å². The van der Waals surface area contributed by atoms with Crippen molar-refractivity contribution in [3.8, 4) is 0 Å². The number of hydrogen-bond donors (Lipinski definition) is 1. The normalized spacial score (nSPS) is 37.4. The van der Waals surface area contributed by atoms with E-state index in [1.54, 1.807) is 0 Å². The third-order valence-electron chi connectivity index (χ3n) is 2.42. The Bertz CT molecular complexity index is 87.0. The van der Waals surface area contributed by atoms with Crippen molar-refractivity contribution in [3.05, 3.63) is 0 Å². The van der Waals surface area contributed by atoms with Gasteiger partial charge in [-0.15, -0.1) is 0 Å². The molecule has 0 amide bonds. The quantitative estimate of drug-likeness (QED) is 0.575. The summed E-state index contributed by atoms with van der Waals surface area (Å²) in [5.41, 5.74) is 6.10. The fourth-order valence-electron chi connectivity index (χ4n) is 1.42. The molecule has 1 heteroatoms. The maximum absolute atomic E-state index is 5.94. The predicted molar refractivity (Wildman–Crippen MR) is 51.6 cm³/mol. The minimum atomic E-state index is 0.159. The molecule has 0 saturated heterocycles. The van der Waals surface area contributed by atoms with Gasteiger partial charge in [0.05, 0.1) is 0 Å². The van der Waals surface area contributed by atoms with Gasteiger partial charge in [-0.05, 0) is 38.5 Å². The molecule has 2 N–H and O–H groups in total. The van der Waals surface area contributed by atoms with E-state index < -0.39 is 0 Å². The van der Waals surface area contributed by atoms with Crippen molar-refractivity contribution in [2.24, 2.45) is 11.7 Å². The van der Waals surface area contributed by atoms with E-state index in [0.29, 0.717) is 0 Å². The molecule has 0 aromatic rings. The van der Waals surface area contributed by atoms with Crippen molar-refractivity contribution >= 4 is 0 Å². The van der Waals surface area contributed by atoms with E-state index in [4.69, 9.17) is 5.73 Å². The number of hydrogen-bond acceptors (Lipinski definition) is 1. The van der Waals surface area contributed by atoms with Crippen molar-refractivity contribution in [2.45, 2.75) is 58.9 Å². The van der Waals surface area contributed by atoms with E-state index in [2.05, 4.69) is 13.8 Å². The molecule has 0 spiro atoms. The Morgan fingerprint density at radius 3 is 1.82 bits per heavy atom. The first-order valence-corrected chi connectivity index (χ1v) is 4.89. The Morgan fingerprint density at radius 1 is 1.18 bits per heavy atom. The molecule has 0 bridgehead atoms. The van der Waals surface area contributed by atoms with Gasteiger partial charge in [-0.1, -0.05) is 20.8 Å². The van der Waals surface area contributed by atoms with Crippen molar-refractivity contribution in [1.29, 1.82) is 0 Å². The zero-order valence-electron chi connectivity index (χ0n) is 8.48. The first kappa shape index (κ1) is 11.0. The average molecular weight is 157 g/mol. The first-order valence-electron chi connectivity index (χ1n) is 4.89. The lowest BCUT2D eigenvalue weighted by Gasteiger charge is -2.32. The van der Waals surface area contributed by atoms with Gasteiger partial charge in [-0.2, -0.15) is 0 Å². The minimum Gasteiger partial charge on any atom is -0.325 e. The van der Waals surface area contributed by atoms with Gasteiger partial charge in [0.25, 0.3) is 0 Å². The summed E-state index contributed by atoms with van der Waals surface area (Å²) >= 11 is 0. The van der Waals surface area contributed by atoms with Gasteiger partial charge >= 0.3 is 0 Å². The number of nitrogens with two attached hydrogens (primary N) is 1. The summed E-state index contributed by atoms with van der Waals surface area (Å²) in [4.78, 5) is 0. The predicted octanol–water partition coefficient (Wildman–Crippen LogP) is 2.94. The Balaban J connectivity index is 0.000000461. The van der Waals surface area contributed by atoms with Crippen LogP contribution in [0.5, 0.6) is 0 Å². The van der Waals surface area contributed by atoms with Gasteiger partial charge in [0.1, 0.15) is 0 Å². The van der Waals surface area contributed by atoms with Gasteiger partial charge in [0.15, 0.2) is 0 Å². The molecule has 0 unspecified atom stereocenters. The largest absolute Gasteiger partial charge is 0.325 e. The lowest BCUT2D eigenvalue weighted by molar-refractivity contribution is 0.264. The van der Waals surface area contributed by atoms with Crippen LogP contribution in [-0.4, -0.2) is 5.54 Å². The third-order valence-corrected chi connectivity index (χ3v) is 2.42. The molecule has 1 saturated carbocycles. The van der Waals surface area contributed by atoms with Crippen LogP contribution in [0.15, 0.2) is 0 Å². The second-order valence-corrected chi connectivity index (χ2v) is 3.84. The summed E-state index contributed by atoms with van der Waals surface area (Å²) in [5.74, 6) is 0.918. The average Bonchev–Trinajstić information content (AvgIpc) is 2.00. The molecule has 1 aliphatic carbocycles. The highest BCUT2D eigenvalue weighted by Gasteiger charge is 2.24. The molecule has 0 radical (unpaired) electrons. The summed E-state index contributed by atoms with van der Waals surface area (Å²) in [6, 6.07) is 0. The SMILES string of the molecule is CC.CC1CCC(C)(N)CC1. The maximum Gasteiger partial charge on any atom is 0.0126 e. The van der Waals surface area contributed by atoms with Crippen LogP contribution in [0.25, 0.3) is 0 Å². The highest BCUT2D eigenvalue weighted by Crippen LogP contribution is 2.28. The molecule has 0 heterocycles. The molecule has 0 aliphatic heterocycles. The van der Waals surface area contributed by atoms with Crippen LogP contribution in [0.1, 0.15) is 53.4 Å². The monoisotopic (exact) mass is 157 g/mol. The Morgan fingerprint density at radius 2 is 1.55 bits per heavy atom. The second-order valence-electron chi connectivity index (χ2n) is 3.84. The third kappa shape index (κ3) is 4.41. The van der Waals surface area contributed by atoms with E-state index in [9.17, 15) is 0 Å². The summed E-state index contributed by atoms with van der Waals surface area (Å²) in [6.45, 7) is 8.48. The molecule has 1 rings (SSSR count). The van der Waals surface area contributed by atoms with Gasteiger partial charge < -0.3 is 5.73 Å². The van der Waals surface area contributed by atoms with Gasteiger partial charge in [0.2, 0.25) is 0 Å². The fourth-order valence-corrected chi connectivity index (χ4v) is 1.42. The molecule has 11 heavy (non-hydrogen) atoms. The molecular formula is C10H23N. The standard InChI is InChI=1S/C8H17N.C2H6/c1-7-3-5-8(2,9)6-4-7;1-2/h7H,3-6,9H2,1-2H3;1-2H3. The molecule has 0 atom stereocenters. The Kier molecular flexibility index (Phi) is 4.74. The van der Waals surface area contributed by atoms with E-state index in [-0.39, 0.29) is 5.54 Å². The first-order chi connectivity index (χ1) is 5.10. The molecule has 0 aromatic carbocycles. The Hall–Kier alpha value is -0.0400. The van der Waals surface area contributed by atoms with Gasteiger partial charge in [-0.25, -0.2) is 0 Å². The zero-order chi connectivity index (χ0) is 8.91.